The molecular formula is C13H19NO2. The Morgan fingerprint density at radius 3 is 2.69 bits per heavy atom. The molecule has 0 aliphatic heterocycles. The van der Waals surface area contributed by atoms with Gasteiger partial charge < -0.3 is 15.6 Å². The summed E-state index contributed by atoms with van der Waals surface area (Å²) < 4.78 is 5.21. The second-order valence-corrected chi connectivity index (χ2v) is 4.62. The molecule has 0 aromatic heterocycles. The maximum Gasteiger partial charge on any atom is 0.119 e. The van der Waals surface area contributed by atoms with Gasteiger partial charge in [0.2, 0.25) is 0 Å². The quantitative estimate of drug-likeness (QED) is 0.800. The van der Waals surface area contributed by atoms with Crippen LogP contribution in [0.5, 0.6) is 5.75 Å². The molecule has 3 heteroatoms. The number of hydrogen-bond acceptors (Lipinski definition) is 3. The van der Waals surface area contributed by atoms with Crippen LogP contribution < -0.4 is 10.5 Å². The van der Waals surface area contributed by atoms with Crippen molar-refractivity contribution in [2.24, 2.45) is 5.73 Å². The summed E-state index contributed by atoms with van der Waals surface area (Å²) in [6.45, 7) is 0. The van der Waals surface area contributed by atoms with Crippen molar-refractivity contribution in [3.05, 3.63) is 29.8 Å². The van der Waals surface area contributed by atoms with Crippen LogP contribution in [-0.2, 0) is 5.54 Å². The standard InChI is InChI=1S/C13H19NO2/c1-16-12-4-2-3-10(9-12)13(14)7-5-11(15)6-8-13/h2-4,9,11,15H,5-8,14H2,1H3. The van der Waals surface area contributed by atoms with Crippen molar-refractivity contribution >= 4 is 0 Å². The van der Waals surface area contributed by atoms with E-state index in [0.29, 0.717) is 0 Å². The Kier molecular flexibility index (Phi) is 3.17. The summed E-state index contributed by atoms with van der Waals surface area (Å²) in [7, 11) is 1.66. The molecule has 1 aromatic rings. The third-order valence-corrected chi connectivity index (χ3v) is 3.49. The molecule has 3 nitrogen and oxygen atoms in total. The molecule has 3 N–H and O–H groups in total. The van der Waals surface area contributed by atoms with E-state index in [2.05, 4.69) is 0 Å². The molecular weight excluding hydrogens is 202 g/mol. The normalized spacial score (nSPS) is 30.1. The molecule has 2 rings (SSSR count). The van der Waals surface area contributed by atoms with Crippen molar-refractivity contribution in [3.8, 4) is 5.75 Å². The molecule has 0 amide bonds. The molecule has 88 valence electrons. The van der Waals surface area contributed by atoms with E-state index >= 15 is 0 Å². The molecule has 0 atom stereocenters. The lowest BCUT2D eigenvalue weighted by molar-refractivity contribution is 0.0968. The third kappa shape index (κ3) is 2.20. The lowest BCUT2D eigenvalue weighted by atomic mass is 9.76. The van der Waals surface area contributed by atoms with Crippen molar-refractivity contribution in [1.82, 2.24) is 0 Å². The fourth-order valence-electron chi connectivity index (χ4n) is 2.34. The average Bonchev–Trinajstić information content (AvgIpc) is 2.33. The second kappa shape index (κ2) is 4.44. The number of nitrogens with two attached hydrogens (primary N) is 1. The number of rotatable bonds is 2. The number of benzene rings is 1. The van der Waals surface area contributed by atoms with Crippen molar-refractivity contribution in [1.29, 1.82) is 0 Å². The number of aliphatic hydroxyl groups is 1. The van der Waals surface area contributed by atoms with E-state index in [9.17, 15) is 5.11 Å². The minimum Gasteiger partial charge on any atom is -0.497 e. The fourth-order valence-corrected chi connectivity index (χ4v) is 2.34. The number of hydrogen-bond donors (Lipinski definition) is 2. The maximum atomic E-state index is 9.51. The van der Waals surface area contributed by atoms with Gasteiger partial charge in [0, 0.05) is 5.54 Å². The van der Waals surface area contributed by atoms with E-state index in [1.54, 1.807) is 7.11 Å². The first-order valence-electron chi connectivity index (χ1n) is 5.75. The molecule has 0 unspecified atom stereocenters. The lowest BCUT2D eigenvalue weighted by Gasteiger charge is -2.36. The van der Waals surface area contributed by atoms with Crippen LogP contribution in [0.2, 0.25) is 0 Å². The minimum absolute atomic E-state index is 0.178. The molecule has 1 aliphatic rings. The summed E-state index contributed by atoms with van der Waals surface area (Å²) in [6, 6.07) is 7.93. The molecule has 1 saturated carbocycles. The predicted molar refractivity (Wildman–Crippen MR) is 63.3 cm³/mol. The predicted octanol–water partition coefficient (Wildman–Crippen LogP) is 1.78. The maximum absolute atomic E-state index is 9.51. The van der Waals surface area contributed by atoms with Crippen molar-refractivity contribution < 1.29 is 9.84 Å². The summed E-state index contributed by atoms with van der Waals surface area (Å²) in [5.41, 5.74) is 7.21. The van der Waals surface area contributed by atoms with Gasteiger partial charge in [0.05, 0.1) is 13.2 Å². The molecule has 1 fully saturated rings. The largest absolute Gasteiger partial charge is 0.497 e. The van der Waals surface area contributed by atoms with E-state index in [1.807, 2.05) is 24.3 Å². The lowest BCUT2D eigenvalue weighted by Crippen LogP contribution is -2.41. The monoisotopic (exact) mass is 221 g/mol. The highest BCUT2D eigenvalue weighted by atomic mass is 16.5. The first kappa shape index (κ1) is 11.4. The van der Waals surface area contributed by atoms with E-state index < -0.39 is 0 Å². The Hall–Kier alpha value is -1.06. The van der Waals surface area contributed by atoms with Crippen LogP contribution in [0.4, 0.5) is 0 Å². The Balaban J connectivity index is 2.21. The van der Waals surface area contributed by atoms with Crippen LogP contribution in [0, 0.1) is 0 Å². The molecule has 16 heavy (non-hydrogen) atoms. The van der Waals surface area contributed by atoms with Gasteiger partial charge in [0.15, 0.2) is 0 Å². The Bertz CT molecular complexity index is 357. The van der Waals surface area contributed by atoms with Crippen LogP contribution >= 0.6 is 0 Å². The molecule has 0 heterocycles. The molecule has 0 spiro atoms. The Morgan fingerprint density at radius 1 is 1.38 bits per heavy atom. The summed E-state index contributed by atoms with van der Waals surface area (Å²) in [6.07, 6.45) is 3.06. The van der Waals surface area contributed by atoms with E-state index in [1.165, 1.54) is 0 Å². The highest BCUT2D eigenvalue weighted by Gasteiger charge is 2.32. The van der Waals surface area contributed by atoms with Gasteiger partial charge in [-0.15, -0.1) is 0 Å². The van der Waals surface area contributed by atoms with Crippen LogP contribution in [-0.4, -0.2) is 18.3 Å². The van der Waals surface area contributed by atoms with E-state index in [0.717, 1.165) is 37.0 Å². The zero-order chi connectivity index (χ0) is 11.6. The van der Waals surface area contributed by atoms with Gasteiger partial charge in [-0.25, -0.2) is 0 Å². The minimum atomic E-state index is -0.298. The van der Waals surface area contributed by atoms with Crippen molar-refractivity contribution in [3.63, 3.8) is 0 Å². The highest BCUT2D eigenvalue weighted by Crippen LogP contribution is 2.35. The smallest absolute Gasteiger partial charge is 0.119 e. The van der Waals surface area contributed by atoms with Crippen molar-refractivity contribution in [2.45, 2.75) is 37.3 Å². The number of methoxy groups -OCH3 is 1. The van der Waals surface area contributed by atoms with E-state index in [-0.39, 0.29) is 11.6 Å². The van der Waals surface area contributed by atoms with Gasteiger partial charge >= 0.3 is 0 Å². The topological polar surface area (TPSA) is 55.5 Å². The van der Waals surface area contributed by atoms with Crippen molar-refractivity contribution in [2.75, 3.05) is 7.11 Å². The molecule has 0 bridgehead atoms. The van der Waals surface area contributed by atoms with Gasteiger partial charge in [-0.1, -0.05) is 12.1 Å². The molecule has 0 radical (unpaired) electrons. The summed E-state index contributed by atoms with van der Waals surface area (Å²) in [4.78, 5) is 0. The van der Waals surface area contributed by atoms with Crippen LogP contribution in [0.3, 0.4) is 0 Å². The van der Waals surface area contributed by atoms with Gasteiger partial charge in [-0.05, 0) is 43.4 Å². The van der Waals surface area contributed by atoms with Crippen LogP contribution in [0.25, 0.3) is 0 Å². The summed E-state index contributed by atoms with van der Waals surface area (Å²) in [5.74, 6) is 0.841. The molecule has 0 saturated heterocycles. The van der Waals surface area contributed by atoms with Gasteiger partial charge in [-0.2, -0.15) is 0 Å². The zero-order valence-corrected chi connectivity index (χ0v) is 9.65. The molecule has 1 aromatic carbocycles. The number of ether oxygens (including phenoxy) is 1. The van der Waals surface area contributed by atoms with Gasteiger partial charge in [0.25, 0.3) is 0 Å². The third-order valence-electron chi connectivity index (χ3n) is 3.49. The molecule has 1 aliphatic carbocycles. The zero-order valence-electron chi connectivity index (χ0n) is 9.65. The summed E-state index contributed by atoms with van der Waals surface area (Å²) in [5, 5.41) is 9.51. The van der Waals surface area contributed by atoms with Gasteiger partial charge in [-0.3, -0.25) is 0 Å². The highest BCUT2D eigenvalue weighted by molar-refractivity contribution is 5.33. The second-order valence-electron chi connectivity index (χ2n) is 4.62. The Labute approximate surface area is 96.2 Å². The average molecular weight is 221 g/mol. The number of aliphatic hydroxyl groups excluding tert-OH is 1. The fraction of sp³-hybridized carbons (Fsp3) is 0.538. The SMILES string of the molecule is COc1cccc(C2(N)CCC(O)CC2)c1. The van der Waals surface area contributed by atoms with Crippen LogP contribution in [0.15, 0.2) is 24.3 Å². The first-order valence-corrected chi connectivity index (χ1v) is 5.75. The van der Waals surface area contributed by atoms with Crippen LogP contribution in [0.1, 0.15) is 31.2 Å². The van der Waals surface area contributed by atoms with Gasteiger partial charge in [0.1, 0.15) is 5.75 Å². The first-order chi connectivity index (χ1) is 7.64. The summed E-state index contributed by atoms with van der Waals surface area (Å²) >= 11 is 0. The Morgan fingerprint density at radius 2 is 2.06 bits per heavy atom. The van der Waals surface area contributed by atoms with E-state index in [4.69, 9.17) is 10.5 Å².